The van der Waals surface area contributed by atoms with Crippen molar-refractivity contribution in [2.45, 2.75) is 19.4 Å². The van der Waals surface area contributed by atoms with Crippen LogP contribution in [-0.4, -0.2) is 58.4 Å². The summed E-state index contributed by atoms with van der Waals surface area (Å²) in [5.41, 5.74) is 3.46. The highest BCUT2D eigenvalue weighted by Crippen LogP contribution is 2.22. The minimum Gasteiger partial charge on any atom is -0.453 e. The highest BCUT2D eigenvalue weighted by molar-refractivity contribution is 5.76. The first kappa shape index (κ1) is 22.4. The van der Waals surface area contributed by atoms with Gasteiger partial charge in [0.15, 0.2) is 0 Å². The molecule has 2 aromatic heterocycles. The van der Waals surface area contributed by atoms with Crippen molar-refractivity contribution >= 4 is 12.0 Å². The summed E-state index contributed by atoms with van der Waals surface area (Å²) in [4.78, 5) is 30.2. The number of methoxy groups -OCH3 is 1. The Bertz CT molecular complexity index is 1100. The van der Waals surface area contributed by atoms with Crippen LogP contribution in [0, 0.1) is 11.7 Å². The van der Waals surface area contributed by atoms with E-state index in [-0.39, 0.29) is 24.2 Å². The molecular weight excluding hydrogens is 425 g/mol. The van der Waals surface area contributed by atoms with E-state index in [2.05, 4.69) is 20.1 Å². The van der Waals surface area contributed by atoms with Crippen LogP contribution in [0.15, 0.2) is 54.9 Å². The van der Waals surface area contributed by atoms with Gasteiger partial charge in [-0.05, 0) is 48.2 Å². The van der Waals surface area contributed by atoms with Crippen LogP contribution in [0.1, 0.15) is 17.7 Å². The topological polar surface area (TPSA) is 89.4 Å². The molecule has 3 heterocycles. The maximum atomic E-state index is 13.3. The largest absolute Gasteiger partial charge is 0.453 e. The van der Waals surface area contributed by atoms with E-state index in [1.807, 2.05) is 18.2 Å². The van der Waals surface area contributed by atoms with Crippen molar-refractivity contribution in [3.05, 3.63) is 71.9 Å². The van der Waals surface area contributed by atoms with Crippen molar-refractivity contribution in [2.75, 3.05) is 26.7 Å². The second kappa shape index (κ2) is 10.2. The van der Waals surface area contributed by atoms with Crippen molar-refractivity contribution in [2.24, 2.45) is 5.92 Å². The van der Waals surface area contributed by atoms with Gasteiger partial charge in [-0.3, -0.25) is 14.5 Å². The smallest absolute Gasteiger partial charge is 0.406 e. The molecule has 172 valence electrons. The van der Waals surface area contributed by atoms with Gasteiger partial charge in [0.25, 0.3) is 0 Å². The number of nitrogens with zero attached hydrogens (tertiary/aromatic N) is 4. The van der Waals surface area contributed by atoms with E-state index in [1.54, 1.807) is 34.1 Å². The third kappa shape index (κ3) is 5.74. The predicted octanol–water partition coefficient (Wildman–Crippen LogP) is 2.88. The fraction of sp³-hybridized carbons (Fsp3) is 0.333. The van der Waals surface area contributed by atoms with Gasteiger partial charge < -0.3 is 15.0 Å². The molecule has 1 fully saturated rings. The molecule has 1 aliphatic heterocycles. The number of benzene rings is 1. The minimum atomic E-state index is -0.467. The van der Waals surface area contributed by atoms with E-state index in [0.29, 0.717) is 26.1 Å². The van der Waals surface area contributed by atoms with Crippen molar-refractivity contribution in [1.82, 2.24) is 25.0 Å². The molecule has 0 radical (unpaired) electrons. The van der Waals surface area contributed by atoms with Crippen LogP contribution in [-0.2, 0) is 22.5 Å². The molecule has 1 saturated heterocycles. The molecule has 1 aromatic carbocycles. The van der Waals surface area contributed by atoms with Gasteiger partial charge >= 0.3 is 6.09 Å². The summed E-state index contributed by atoms with van der Waals surface area (Å²) in [6.45, 7) is 1.80. The Morgan fingerprint density at radius 3 is 2.67 bits per heavy atom. The summed E-state index contributed by atoms with van der Waals surface area (Å²) >= 11 is 0. The number of alkyl carbamates (subject to hydrolysis) is 1. The number of carbonyl (C=O) groups excluding carboxylic acids is 2. The van der Waals surface area contributed by atoms with Crippen molar-refractivity contribution in [3.63, 3.8) is 0 Å². The number of hydrogen-bond acceptors (Lipinski definition) is 5. The lowest BCUT2D eigenvalue weighted by Gasteiger charge is -2.17. The molecule has 0 bridgehead atoms. The zero-order chi connectivity index (χ0) is 23.2. The first-order valence-corrected chi connectivity index (χ1v) is 10.8. The first-order valence-electron chi connectivity index (χ1n) is 10.8. The Balaban J connectivity index is 1.48. The Morgan fingerprint density at radius 1 is 1.18 bits per heavy atom. The molecule has 1 unspecified atom stereocenters. The van der Waals surface area contributed by atoms with Crippen LogP contribution in [0.25, 0.3) is 11.3 Å². The first-order chi connectivity index (χ1) is 16.0. The van der Waals surface area contributed by atoms with E-state index < -0.39 is 6.09 Å². The van der Waals surface area contributed by atoms with Crippen molar-refractivity contribution in [1.29, 1.82) is 0 Å². The van der Waals surface area contributed by atoms with Crippen LogP contribution in [0.2, 0.25) is 0 Å². The summed E-state index contributed by atoms with van der Waals surface area (Å²) in [6, 6.07) is 12.0. The number of likely N-dealkylation sites (tertiary alicyclic amines) is 1. The number of halogens is 1. The molecule has 3 aromatic rings. The summed E-state index contributed by atoms with van der Waals surface area (Å²) in [5, 5.41) is 7.39. The van der Waals surface area contributed by atoms with Gasteiger partial charge in [0.05, 0.1) is 12.8 Å². The monoisotopic (exact) mass is 451 g/mol. The number of carbonyl (C=O) groups is 2. The molecular formula is C24H26FN5O3. The lowest BCUT2D eigenvalue weighted by molar-refractivity contribution is -0.131. The van der Waals surface area contributed by atoms with Gasteiger partial charge in [-0.25, -0.2) is 9.18 Å². The van der Waals surface area contributed by atoms with Crippen LogP contribution >= 0.6 is 0 Å². The second-order valence-electron chi connectivity index (χ2n) is 8.08. The van der Waals surface area contributed by atoms with Crippen molar-refractivity contribution < 1.29 is 18.7 Å². The number of aromatic nitrogens is 3. The van der Waals surface area contributed by atoms with Crippen LogP contribution in [0.5, 0.6) is 0 Å². The van der Waals surface area contributed by atoms with E-state index in [1.165, 1.54) is 19.2 Å². The van der Waals surface area contributed by atoms with E-state index in [9.17, 15) is 14.0 Å². The van der Waals surface area contributed by atoms with Gasteiger partial charge in [-0.15, -0.1) is 0 Å². The number of pyridine rings is 1. The Kier molecular flexibility index (Phi) is 6.97. The zero-order valence-electron chi connectivity index (χ0n) is 18.4. The minimum absolute atomic E-state index is 0.0275. The molecule has 0 spiro atoms. The number of amides is 2. The Morgan fingerprint density at radius 2 is 1.94 bits per heavy atom. The van der Waals surface area contributed by atoms with E-state index >= 15 is 0 Å². The number of nitrogens with one attached hydrogen (secondary N) is 1. The van der Waals surface area contributed by atoms with Crippen LogP contribution in [0.4, 0.5) is 9.18 Å². The average Bonchev–Trinajstić information content (AvgIpc) is 3.47. The molecule has 4 rings (SSSR count). The third-order valence-electron chi connectivity index (χ3n) is 5.78. The highest BCUT2D eigenvalue weighted by atomic mass is 19.1. The molecule has 9 heteroatoms. The van der Waals surface area contributed by atoms with Gasteiger partial charge in [0, 0.05) is 49.7 Å². The van der Waals surface area contributed by atoms with Gasteiger partial charge in [-0.2, -0.15) is 5.10 Å². The van der Waals surface area contributed by atoms with Gasteiger partial charge in [0.1, 0.15) is 12.4 Å². The standard InChI is InChI=1S/C24H26FN5O3/c1-33-24(32)27-14-18-8-11-29(15-18)23(31)16-30-21(12-17-2-4-20(25)5-3-17)13-22(28-30)19-6-9-26-10-7-19/h2-7,9-10,13,18H,8,11-12,14-16H2,1H3,(H,27,32). The molecule has 0 aliphatic carbocycles. The average molecular weight is 452 g/mol. The molecule has 1 aliphatic rings. The van der Waals surface area contributed by atoms with Crippen LogP contribution in [0.3, 0.4) is 0 Å². The lowest BCUT2D eigenvalue weighted by atomic mass is 10.1. The fourth-order valence-corrected chi connectivity index (χ4v) is 3.96. The maximum Gasteiger partial charge on any atom is 0.406 e. The fourth-order valence-electron chi connectivity index (χ4n) is 3.96. The second-order valence-corrected chi connectivity index (χ2v) is 8.08. The molecule has 33 heavy (non-hydrogen) atoms. The molecule has 2 amide bonds. The number of ether oxygens (including phenoxy) is 1. The highest BCUT2D eigenvalue weighted by Gasteiger charge is 2.27. The summed E-state index contributed by atoms with van der Waals surface area (Å²) in [6.07, 6.45) is 4.28. The quantitative estimate of drug-likeness (QED) is 0.597. The number of rotatable bonds is 7. The molecule has 1 atom stereocenters. The Labute approximate surface area is 191 Å². The number of hydrogen-bond donors (Lipinski definition) is 1. The Hall–Kier alpha value is -3.75. The van der Waals surface area contributed by atoms with Gasteiger partial charge in [0.2, 0.25) is 5.91 Å². The normalized spacial score (nSPS) is 15.5. The van der Waals surface area contributed by atoms with E-state index in [0.717, 1.165) is 28.9 Å². The predicted molar refractivity (Wildman–Crippen MR) is 120 cm³/mol. The molecule has 8 nitrogen and oxygen atoms in total. The maximum absolute atomic E-state index is 13.3. The summed E-state index contributed by atoms with van der Waals surface area (Å²) in [7, 11) is 1.33. The third-order valence-corrected chi connectivity index (χ3v) is 5.78. The summed E-state index contributed by atoms with van der Waals surface area (Å²) < 4.78 is 19.6. The van der Waals surface area contributed by atoms with Gasteiger partial charge in [-0.1, -0.05) is 12.1 Å². The lowest BCUT2D eigenvalue weighted by Crippen LogP contribution is -2.35. The molecule has 0 saturated carbocycles. The zero-order valence-corrected chi connectivity index (χ0v) is 18.4. The van der Waals surface area contributed by atoms with E-state index in [4.69, 9.17) is 0 Å². The van der Waals surface area contributed by atoms with Crippen molar-refractivity contribution in [3.8, 4) is 11.3 Å². The SMILES string of the molecule is COC(=O)NCC1CCN(C(=O)Cn2nc(-c3ccncc3)cc2Cc2ccc(F)cc2)C1. The van der Waals surface area contributed by atoms with Crippen LogP contribution < -0.4 is 5.32 Å². The summed E-state index contributed by atoms with van der Waals surface area (Å²) in [5.74, 6) is -0.123. The molecule has 1 N–H and O–H groups in total.